The summed E-state index contributed by atoms with van der Waals surface area (Å²) in [6, 6.07) is 20.1. The van der Waals surface area contributed by atoms with Crippen molar-refractivity contribution in [1.29, 1.82) is 0 Å². The largest absolute Gasteiger partial charge is 0.457 e. The summed E-state index contributed by atoms with van der Waals surface area (Å²) in [6.07, 6.45) is 3.37. The molecule has 1 aliphatic rings. The number of hydrogen-bond donors (Lipinski definition) is 0. The zero-order chi connectivity index (χ0) is 18.6. The fourth-order valence-electron chi connectivity index (χ4n) is 3.73. The van der Waals surface area contributed by atoms with Crippen LogP contribution >= 0.6 is 0 Å². The van der Waals surface area contributed by atoms with Crippen LogP contribution in [0.4, 0.5) is 0 Å². The van der Waals surface area contributed by atoms with Crippen molar-refractivity contribution in [3.8, 4) is 0 Å². The van der Waals surface area contributed by atoms with Crippen LogP contribution in [0.15, 0.2) is 66.9 Å². The number of para-hydroxylation sites is 1. The quantitative estimate of drug-likeness (QED) is 0.628. The van der Waals surface area contributed by atoms with Crippen LogP contribution in [0.25, 0.3) is 10.9 Å². The molecule has 1 aromatic heterocycles. The molecule has 2 aromatic carbocycles. The van der Waals surface area contributed by atoms with Gasteiger partial charge in [0.25, 0.3) is 0 Å². The Morgan fingerprint density at radius 2 is 1.96 bits per heavy atom. The van der Waals surface area contributed by atoms with Gasteiger partial charge in [0.2, 0.25) is 0 Å². The number of likely N-dealkylation sites (tertiary alicyclic amines) is 1. The number of nitrogens with zero attached hydrogens (tertiary/aromatic N) is 2. The highest BCUT2D eigenvalue weighted by Gasteiger charge is 2.32. The van der Waals surface area contributed by atoms with E-state index in [2.05, 4.69) is 28.1 Å². The van der Waals surface area contributed by atoms with Crippen molar-refractivity contribution in [2.24, 2.45) is 0 Å². The standard InChI is InChI=1S/C23H24N2O2/c1-17(20-14-19-10-5-6-11-21(19)24-15-20)27-23(26)22-12-7-13-25(22)16-18-8-3-2-4-9-18/h2-6,8-11,14-15,17,22H,7,12-13,16H2,1H3/t17-,22+/m0/s1. The molecule has 4 heteroatoms. The van der Waals surface area contributed by atoms with Gasteiger partial charge in [-0.3, -0.25) is 14.7 Å². The van der Waals surface area contributed by atoms with Gasteiger partial charge in [0.1, 0.15) is 12.1 Å². The molecular formula is C23H24N2O2. The maximum atomic E-state index is 12.8. The van der Waals surface area contributed by atoms with E-state index in [-0.39, 0.29) is 18.1 Å². The highest BCUT2D eigenvalue weighted by Crippen LogP contribution is 2.25. The fraction of sp³-hybridized carbons (Fsp3) is 0.304. The van der Waals surface area contributed by atoms with E-state index in [0.717, 1.165) is 42.4 Å². The van der Waals surface area contributed by atoms with Gasteiger partial charge < -0.3 is 4.74 Å². The SMILES string of the molecule is C[C@H](OC(=O)[C@H]1CCCN1Cc1ccccc1)c1cnc2ccccc2c1. The first-order chi connectivity index (χ1) is 13.2. The van der Waals surface area contributed by atoms with Gasteiger partial charge in [0.05, 0.1) is 5.52 Å². The van der Waals surface area contributed by atoms with Crippen molar-refractivity contribution < 1.29 is 9.53 Å². The zero-order valence-corrected chi connectivity index (χ0v) is 15.5. The Bertz CT molecular complexity index is 926. The summed E-state index contributed by atoms with van der Waals surface area (Å²) in [7, 11) is 0. The lowest BCUT2D eigenvalue weighted by Crippen LogP contribution is -2.37. The Morgan fingerprint density at radius 3 is 2.81 bits per heavy atom. The molecule has 0 aliphatic carbocycles. The zero-order valence-electron chi connectivity index (χ0n) is 15.5. The molecule has 2 heterocycles. The number of ether oxygens (including phenoxy) is 1. The average Bonchev–Trinajstić information content (AvgIpc) is 3.16. The van der Waals surface area contributed by atoms with Gasteiger partial charge in [0, 0.05) is 23.7 Å². The number of benzene rings is 2. The summed E-state index contributed by atoms with van der Waals surface area (Å²) in [5.41, 5.74) is 3.10. The van der Waals surface area contributed by atoms with Crippen LogP contribution in [-0.4, -0.2) is 28.4 Å². The Balaban J connectivity index is 1.43. The third-order valence-corrected chi connectivity index (χ3v) is 5.24. The normalized spacial score (nSPS) is 18.5. The molecule has 0 bridgehead atoms. The molecule has 0 unspecified atom stereocenters. The van der Waals surface area contributed by atoms with Crippen molar-refractivity contribution in [3.05, 3.63) is 78.0 Å². The van der Waals surface area contributed by atoms with Crippen molar-refractivity contribution in [1.82, 2.24) is 9.88 Å². The number of fused-ring (bicyclic) bond motifs is 1. The minimum Gasteiger partial charge on any atom is -0.457 e. The Hall–Kier alpha value is -2.72. The molecule has 0 spiro atoms. The first kappa shape index (κ1) is 17.7. The molecule has 0 amide bonds. The lowest BCUT2D eigenvalue weighted by Gasteiger charge is -2.24. The number of carbonyl (C=O) groups excluding carboxylic acids is 1. The second-order valence-corrected chi connectivity index (χ2v) is 7.15. The van der Waals surface area contributed by atoms with Crippen molar-refractivity contribution in [2.45, 2.75) is 38.5 Å². The number of esters is 1. The lowest BCUT2D eigenvalue weighted by molar-refractivity contribution is -0.154. The molecule has 27 heavy (non-hydrogen) atoms. The number of rotatable bonds is 5. The topological polar surface area (TPSA) is 42.4 Å². The molecule has 1 aliphatic heterocycles. The first-order valence-electron chi connectivity index (χ1n) is 9.54. The third kappa shape index (κ3) is 4.01. The van der Waals surface area contributed by atoms with Gasteiger partial charge in [-0.1, -0.05) is 48.5 Å². The molecule has 138 valence electrons. The predicted molar refractivity (Wildman–Crippen MR) is 106 cm³/mol. The van der Waals surface area contributed by atoms with Crippen molar-refractivity contribution in [2.75, 3.05) is 6.54 Å². The summed E-state index contributed by atoms with van der Waals surface area (Å²) in [5.74, 6) is -0.135. The lowest BCUT2D eigenvalue weighted by atomic mass is 10.1. The molecule has 4 rings (SSSR count). The van der Waals surface area contributed by atoms with E-state index < -0.39 is 0 Å². The molecule has 4 nitrogen and oxygen atoms in total. The molecule has 1 fully saturated rings. The fourth-order valence-corrected chi connectivity index (χ4v) is 3.73. The van der Waals surface area contributed by atoms with E-state index in [1.807, 2.05) is 49.4 Å². The predicted octanol–water partition coefficient (Wildman–Crippen LogP) is 4.50. The third-order valence-electron chi connectivity index (χ3n) is 5.24. The van der Waals surface area contributed by atoms with E-state index in [9.17, 15) is 4.79 Å². The summed E-state index contributed by atoms with van der Waals surface area (Å²) in [5, 5.41) is 1.06. The minimum absolute atomic E-state index is 0.135. The second kappa shape index (κ2) is 7.89. The van der Waals surface area contributed by atoms with Crippen molar-refractivity contribution >= 4 is 16.9 Å². The van der Waals surface area contributed by atoms with Crippen LogP contribution in [0.1, 0.15) is 37.0 Å². The highest BCUT2D eigenvalue weighted by molar-refractivity contribution is 5.79. The van der Waals surface area contributed by atoms with E-state index >= 15 is 0 Å². The van der Waals surface area contributed by atoms with Crippen LogP contribution in [0, 0.1) is 0 Å². The van der Waals surface area contributed by atoms with E-state index in [1.54, 1.807) is 6.20 Å². The smallest absolute Gasteiger partial charge is 0.323 e. The Morgan fingerprint density at radius 1 is 1.19 bits per heavy atom. The molecular weight excluding hydrogens is 336 g/mol. The van der Waals surface area contributed by atoms with E-state index in [0.29, 0.717) is 0 Å². The Kier molecular flexibility index (Phi) is 5.16. The monoisotopic (exact) mass is 360 g/mol. The van der Waals surface area contributed by atoms with Crippen LogP contribution in [0.5, 0.6) is 0 Å². The van der Waals surface area contributed by atoms with E-state index in [4.69, 9.17) is 4.74 Å². The maximum absolute atomic E-state index is 12.8. The van der Waals surface area contributed by atoms with Gasteiger partial charge >= 0.3 is 5.97 Å². The number of carbonyl (C=O) groups is 1. The number of aromatic nitrogens is 1. The van der Waals surface area contributed by atoms with Crippen LogP contribution in [0.3, 0.4) is 0 Å². The molecule has 0 N–H and O–H groups in total. The summed E-state index contributed by atoms with van der Waals surface area (Å²) in [4.78, 5) is 19.5. The van der Waals surface area contributed by atoms with Crippen LogP contribution < -0.4 is 0 Å². The Labute approximate surface area is 159 Å². The summed E-state index contributed by atoms with van der Waals surface area (Å²) in [6.45, 7) is 3.63. The highest BCUT2D eigenvalue weighted by atomic mass is 16.5. The molecule has 3 aromatic rings. The summed E-state index contributed by atoms with van der Waals surface area (Å²) >= 11 is 0. The van der Waals surface area contributed by atoms with Gasteiger partial charge in [-0.2, -0.15) is 0 Å². The van der Waals surface area contributed by atoms with Crippen LogP contribution in [-0.2, 0) is 16.1 Å². The van der Waals surface area contributed by atoms with Gasteiger partial charge in [0.15, 0.2) is 0 Å². The number of pyridine rings is 1. The maximum Gasteiger partial charge on any atom is 0.323 e. The van der Waals surface area contributed by atoms with Crippen molar-refractivity contribution in [3.63, 3.8) is 0 Å². The minimum atomic E-state index is -0.311. The molecule has 1 saturated heterocycles. The summed E-state index contributed by atoms with van der Waals surface area (Å²) < 4.78 is 5.82. The molecule has 2 atom stereocenters. The van der Waals surface area contributed by atoms with Gasteiger partial charge in [-0.25, -0.2) is 0 Å². The number of hydrogen-bond acceptors (Lipinski definition) is 4. The van der Waals surface area contributed by atoms with Gasteiger partial charge in [-0.05, 0) is 44.0 Å². The van der Waals surface area contributed by atoms with Crippen LogP contribution in [0.2, 0.25) is 0 Å². The van der Waals surface area contributed by atoms with E-state index in [1.165, 1.54) is 5.56 Å². The average molecular weight is 360 g/mol. The second-order valence-electron chi connectivity index (χ2n) is 7.15. The van der Waals surface area contributed by atoms with Gasteiger partial charge in [-0.15, -0.1) is 0 Å². The first-order valence-corrected chi connectivity index (χ1v) is 9.54. The molecule has 0 saturated carbocycles. The molecule has 0 radical (unpaired) electrons.